The Bertz CT molecular complexity index is 163. The molecule has 1 aliphatic heterocycles. The van der Waals surface area contributed by atoms with Crippen molar-refractivity contribution in [2.75, 3.05) is 19.6 Å². The standard InChI is InChI=1S/C11H24N2S/c1-8(2)11(12)7-13-5-9(3)14-10(4)6-13/h8-11H,5-7,12H2,1-4H3/t9?,10?,11-/m1/s1. The fourth-order valence-corrected chi connectivity index (χ4v) is 3.33. The Morgan fingerprint density at radius 1 is 1.29 bits per heavy atom. The van der Waals surface area contributed by atoms with Crippen molar-refractivity contribution in [1.29, 1.82) is 0 Å². The van der Waals surface area contributed by atoms with Crippen LogP contribution in [0, 0.1) is 5.92 Å². The number of thioether (sulfide) groups is 1. The maximum Gasteiger partial charge on any atom is 0.0191 e. The van der Waals surface area contributed by atoms with Crippen LogP contribution in [0.2, 0.25) is 0 Å². The fourth-order valence-electron chi connectivity index (χ4n) is 1.94. The third-order valence-corrected chi connectivity index (χ3v) is 4.05. The van der Waals surface area contributed by atoms with E-state index in [-0.39, 0.29) is 0 Å². The van der Waals surface area contributed by atoms with Crippen LogP contribution in [-0.2, 0) is 0 Å². The van der Waals surface area contributed by atoms with E-state index in [1.54, 1.807) is 0 Å². The van der Waals surface area contributed by atoms with Crippen LogP contribution in [-0.4, -0.2) is 41.1 Å². The Balaban J connectivity index is 2.36. The number of nitrogens with zero attached hydrogens (tertiary/aromatic N) is 1. The van der Waals surface area contributed by atoms with Crippen molar-refractivity contribution < 1.29 is 0 Å². The highest BCUT2D eigenvalue weighted by atomic mass is 32.2. The molecule has 0 radical (unpaired) electrons. The van der Waals surface area contributed by atoms with Crippen molar-refractivity contribution in [1.82, 2.24) is 4.90 Å². The highest BCUT2D eigenvalue weighted by Gasteiger charge is 2.23. The van der Waals surface area contributed by atoms with Crippen LogP contribution in [0.1, 0.15) is 27.7 Å². The van der Waals surface area contributed by atoms with Crippen molar-refractivity contribution in [3.05, 3.63) is 0 Å². The second-order valence-electron chi connectivity index (χ2n) is 4.88. The van der Waals surface area contributed by atoms with Gasteiger partial charge in [-0.1, -0.05) is 27.7 Å². The Morgan fingerprint density at radius 2 is 1.79 bits per heavy atom. The monoisotopic (exact) mass is 216 g/mol. The van der Waals surface area contributed by atoms with E-state index in [9.17, 15) is 0 Å². The van der Waals surface area contributed by atoms with E-state index in [0.29, 0.717) is 12.0 Å². The van der Waals surface area contributed by atoms with Gasteiger partial charge in [-0.15, -0.1) is 0 Å². The van der Waals surface area contributed by atoms with Gasteiger partial charge in [0.1, 0.15) is 0 Å². The minimum atomic E-state index is 0.331. The smallest absolute Gasteiger partial charge is 0.0191 e. The molecule has 0 spiro atoms. The number of nitrogens with two attached hydrogens (primary N) is 1. The first-order chi connectivity index (χ1) is 6.49. The maximum atomic E-state index is 6.09. The van der Waals surface area contributed by atoms with Crippen molar-refractivity contribution >= 4 is 11.8 Å². The van der Waals surface area contributed by atoms with Gasteiger partial charge >= 0.3 is 0 Å². The summed E-state index contributed by atoms with van der Waals surface area (Å²) in [5.41, 5.74) is 6.09. The molecule has 1 fully saturated rings. The SMILES string of the molecule is CC1CN(C[C@@H](N)C(C)C)CC(C)S1. The van der Waals surface area contributed by atoms with Crippen LogP contribution >= 0.6 is 11.8 Å². The summed E-state index contributed by atoms with van der Waals surface area (Å²) in [6, 6.07) is 0.331. The molecule has 0 amide bonds. The number of rotatable bonds is 3. The average Bonchev–Trinajstić information content (AvgIpc) is 2.01. The molecule has 3 heteroatoms. The summed E-state index contributed by atoms with van der Waals surface area (Å²) in [7, 11) is 0. The number of hydrogen-bond acceptors (Lipinski definition) is 3. The van der Waals surface area contributed by atoms with E-state index >= 15 is 0 Å². The molecular weight excluding hydrogens is 192 g/mol. The van der Waals surface area contributed by atoms with Crippen molar-refractivity contribution in [3.63, 3.8) is 0 Å². The second kappa shape index (κ2) is 5.38. The molecule has 0 aromatic rings. The van der Waals surface area contributed by atoms with E-state index in [0.717, 1.165) is 17.0 Å². The molecule has 1 saturated heterocycles. The highest BCUT2D eigenvalue weighted by Crippen LogP contribution is 2.24. The average molecular weight is 216 g/mol. The van der Waals surface area contributed by atoms with Gasteiger partial charge in [0, 0.05) is 36.2 Å². The molecule has 2 nitrogen and oxygen atoms in total. The molecule has 1 rings (SSSR count). The summed E-state index contributed by atoms with van der Waals surface area (Å²) in [5.74, 6) is 0.593. The van der Waals surface area contributed by atoms with E-state index in [1.807, 2.05) is 0 Å². The Hall–Kier alpha value is 0.270. The third-order valence-electron chi connectivity index (χ3n) is 2.82. The first-order valence-electron chi connectivity index (χ1n) is 5.62. The zero-order valence-corrected chi connectivity index (χ0v) is 10.7. The van der Waals surface area contributed by atoms with E-state index in [4.69, 9.17) is 5.73 Å². The predicted molar refractivity (Wildman–Crippen MR) is 65.8 cm³/mol. The van der Waals surface area contributed by atoms with Gasteiger partial charge in [0.25, 0.3) is 0 Å². The van der Waals surface area contributed by atoms with Gasteiger partial charge in [0.15, 0.2) is 0 Å². The molecule has 2 N–H and O–H groups in total. The minimum absolute atomic E-state index is 0.331. The predicted octanol–water partition coefficient (Wildman–Crippen LogP) is 1.80. The molecule has 0 bridgehead atoms. The van der Waals surface area contributed by atoms with Gasteiger partial charge < -0.3 is 5.73 Å². The zero-order valence-electron chi connectivity index (χ0n) is 9.86. The largest absolute Gasteiger partial charge is 0.326 e. The quantitative estimate of drug-likeness (QED) is 0.780. The molecule has 14 heavy (non-hydrogen) atoms. The maximum absolute atomic E-state index is 6.09. The van der Waals surface area contributed by atoms with Gasteiger partial charge in [-0.2, -0.15) is 11.8 Å². The lowest BCUT2D eigenvalue weighted by Crippen LogP contribution is -2.47. The lowest BCUT2D eigenvalue weighted by molar-refractivity contribution is 0.236. The van der Waals surface area contributed by atoms with Gasteiger partial charge in [-0.25, -0.2) is 0 Å². The van der Waals surface area contributed by atoms with Crippen molar-refractivity contribution in [2.24, 2.45) is 11.7 Å². The minimum Gasteiger partial charge on any atom is -0.326 e. The van der Waals surface area contributed by atoms with Gasteiger partial charge in [0.05, 0.1) is 0 Å². The molecule has 0 aromatic heterocycles. The van der Waals surface area contributed by atoms with Gasteiger partial charge in [-0.3, -0.25) is 4.90 Å². The third kappa shape index (κ3) is 3.79. The molecule has 3 atom stereocenters. The van der Waals surface area contributed by atoms with Crippen LogP contribution in [0.5, 0.6) is 0 Å². The second-order valence-corrected chi connectivity index (χ2v) is 6.77. The highest BCUT2D eigenvalue weighted by molar-refractivity contribution is 8.00. The lowest BCUT2D eigenvalue weighted by Gasteiger charge is -2.36. The lowest BCUT2D eigenvalue weighted by atomic mass is 10.0. The van der Waals surface area contributed by atoms with Crippen LogP contribution in [0.15, 0.2) is 0 Å². The summed E-state index contributed by atoms with van der Waals surface area (Å²) in [6.07, 6.45) is 0. The van der Waals surface area contributed by atoms with Crippen LogP contribution in [0.3, 0.4) is 0 Å². The van der Waals surface area contributed by atoms with Gasteiger partial charge in [0.2, 0.25) is 0 Å². The molecule has 0 saturated carbocycles. The summed E-state index contributed by atoms with van der Waals surface area (Å²) in [6.45, 7) is 12.5. The molecule has 2 unspecified atom stereocenters. The Morgan fingerprint density at radius 3 is 2.21 bits per heavy atom. The summed E-state index contributed by atoms with van der Waals surface area (Å²) < 4.78 is 0. The van der Waals surface area contributed by atoms with Gasteiger partial charge in [-0.05, 0) is 5.92 Å². The van der Waals surface area contributed by atoms with Crippen LogP contribution < -0.4 is 5.73 Å². The molecule has 84 valence electrons. The molecule has 0 aliphatic carbocycles. The van der Waals surface area contributed by atoms with Crippen LogP contribution in [0.25, 0.3) is 0 Å². The first-order valence-corrected chi connectivity index (χ1v) is 6.56. The molecule has 1 aliphatic rings. The molecule has 1 heterocycles. The Kier molecular flexibility index (Phi) is 4.74. The summed E-state index contributed by atoms with van der Waals surface area (Å²) >= 11 is 2.10. The summed E-state index contributed by atoms with van der Waals surface area (Å²) in [4.78, 5) is 2.52. The van der Waals surface area contributed by atoms with Crippen molar-refractivity contribution in [3.8, 4) is 0 Å². The zero-order chi connectivity index (χ0) is 10.7. The first kappa shape index (κ1) is 12.3. The van der Waals surface area contributed by atoms with E-state index in [1.165, 1.54) is 13.1 Å². The van der Waals surface area contributed by atoms with Crippen LogP contribution in [0.4, 0.5) is 0 Å². The molecular formula is C11H24N2S. The Labute approximate surface area is 92.6 Å². The fraction of sp³-hybridized carbons (Fsp3) is 1.00. The normalized spacial score (nSPS) is 32.1. The molecule has 0 aromatic carbocycles. The van der Waals surface area contributed by atoms with Crippen molar-refractivity contribution in [2.45, 2.75) is 44.2 Å². The number of hydrogen-bond donors (Lipinski definition) is 1. The topological polar surface area (TPSA) is 29.3 Å². The van der Waals surface area contributed by atoms with E-state index in [2.05, 4.69) is 44.4 Å². The van der Waals surface area contributed by atoms with E-state index < -0.39 is 0 Å². The summed E-state index contributed by atoms with van der Waals surface area (Å²) in [5, 5.41) is 1.52.